The number of methoxy groups -OCH3 is 2. The minimum atomic E-state index is -0.590. The molecule has 0 bridgehead atoms. The molecular formula is C24H32N2O5S. The van der Waals surface area contributed by atoms with Crippen molar-refractivity contribution in [2.24, 2.45) is 0 Å². The molecule has 4 rings (SSSR count). The lowest BCUT2D eigenvalue weighted by Crippen LogP contribution is -2.48. The van der Waals surface area contributed by atoms with Crippen LogP contribution < -0.4 is 9.47 Å². The molecular weight excluding hydrogens is 428 g/mol. The van der Waals surface area contributed by atoms with Crippen LogP contribution in [0.25, 0.3) is 0 Å². The first-order valence-corrected chi connectivity index (χ1v) is 12.0. The van der Waals surface area contributed by atoms with Gasteiger partial charge >= 0.3 is 0 Å². The van der Waals surface area contributed by atoms with Crippen molar-refractivity contribution in [2.45, 2.75) is 37.5 Å². The Kier molecular flexibility index (Phi) is 7.67. The molecule has 2 aliphatic rings. The Morgan fingerprint density at radius 2 is 1.97 bits per heavy atom. The fourth-order valence-corrected chi connectivity index (χ4v) is 5.21. The van der Waals surface area contributed by atoms with Crippen molar-refractivity contribution in [3.8, 4) is 11.5 Å². The van der Waals surface area contributed by atoms with Gasteiger partial charge in [-0.25, -0.2) is 0 Å². The van der Waals surface area contributed by atoms with Gasteiger partial charge in [0, 0.05) is 31.1 Å². The number of benzene rings is 1. The van der Waals surface area contributed by atoms with Crippen molar-refractivity contribution >= 4 is 17.2 Å². The van der Waals surface area contributed by atoms with Crippen LogP contribution >= 0.6 is 11.3 Å². The minimum absolute atomic E-state index is 0.0849. The summed E-state index contributed by atoms with van der Waals surface area (Å²) >= 11 is 1.74. The van der Waals surface area contributed by atoms with E-state index in [0.29, 0.717) is 32.3 Å². The maximum absolute atomic E-state index is 13.4. The monoisotopic (exact) mass is 460 g/mol. The summed E-state index contributed by atoms with van der Waals surface area (Å²) in [6.45, 7) is 2.12. The highest BCUT2D eigenvalue weighted by molar-refractivity contribution is 7.10. The van der Waals surface area contributed by atoms with Crippen molar-refractivity contribution in [1.82, 2.24) is 9.80 Å². The number of nitrogens with zero attached hydrogens (tertiary/aromatic N) is 2. The molecule has 2 aromatic rings. The third-order valence-corrected chi connectivity index (χ3v) is 7.08. The van der Waals surface area contributed by atoms with Crippen LogP contribution in [0.4, 0.5) is 0 Å². The Balaban J connectivity index is 1.44. The Morgan fingerprint density at radius 1 is 1.22 bits per heavy atom. The molecule has 1 N–H and O–H groups in total. The zero-order valence-electron chi connectivity index (χ0n) is 18.7. The lowest BCUT2D eigenvalue weighted by molar-refractivity contribution is -0.136. The van der Waals surface area contributed by atoms with E-state index < -0.39 is 6.10 Å². The van der Waals surface area contributed by atoms with E-state index in [9.17, 15) is 9.90 Å². The molecule has 0 saturated heterocycles. The van der Waals surface area contributed by atoms with E-state index >= 15 is 0 Å². The van der Waals surface area contributed by atoms with Crippen LogP contribution in [-0.2, 0) is 16.0 Å². The number of amides is 1. The lowest BCUT2D eigenvalue weighted by Gasteiger charge is -2.37. The van der Waals surface area contributed by atoms with Gasteiger partial charge in [-0.3, -0.25) is 9.69 Å². The van der Waals surface area contributed by atoms with Gasteiger partial charge in [0.05, 0.1) is 32.4 Å². The highest BCUT2D eigenvalue weighted by atomic mass is 32.1. The highest BCUT2D eigenvalue weighted by Gasteiger charge is 2.36. The number of rotatable bonds is 11. The molecule has 0 radical (unpaired) electrons. The van der Waals surface area contributed by atoms with Gasteiger partial charge in [0.15, 0.2) is 0 Å². The number of fused-ring (bicyclic) bond motifs is 1. The van der Waals surface area contributed by atoms with Gasteiger partial charge in [0.1, 0.15) is 18.1 Å². The molecule has 32 heavy (non-hydrogen) atoms. The molecule has 1 saturated carbocycles. The Labute approximate surface area is 193 Å². The highest BCUT2D eigenvalue weighted by Crippen LogP contribution is 2.35. The molecule has 8 heteroatoms. The van der Waals surface area contributed by atoms with E-state index in [1.54, 1.807) is 25.6 Å². The number of hydrogen-bond acceptors (Lipinski definition) is 7. The maximum atomic E-state index is 13.4. The van der Waals surface area contributed by atoms with Gasteiger partial charge in [-0.1, -0.05) is 0 Å². The smallest absolute Gasteiger partial charge is 0.237 e. The van der Waals surface area contributed by atoms with Gasteiger partial charge in [-0.2, -0.15) is 0 Å². The molecule has 7 nitrogen and oxygen atoms in total. The molecule has 1 fully saturated rings. The summed E-state index contributed by atoms with van der Waals surface area (Å²) in [5.41, 5.74) is 1.18. The van der Waals surface area contributed by atoms with Gasteiger partial charge in [-0.15, -0.1) is 11.3 Å². The first-order valence-electron chi connectivity index (χ1n) is 11.1. The average molecular weight is 461 g/mol. The summed E-state index contributed by atoms with van der Waals surface area (Å²) in [7, 11) is 3.22. The predicted octanol–water partition coefficient (Wildman–Crippen LogP) is 2.73. The van der Waals surface area contributed by atoms with Gasteiger partial charge in [0.25, 0.3) is 0 Å². The zero-order valence-corrected chi connectivity index (χ0v) is 19.6. The second-order valence-corrected chi connectivity index (χ2v) is 9.41. The Hall–Kier alpha value is -2.13. The summed E-state index contributed by atoms with van der Waals surface area (Å²) in [4.78, 5) is 18.8. The molecule has 1 aliphatic heterocycles. The van der Waals surface area contributed by atoms with Crippen LogP contribution in [-0.4, -0.2) is 80.0 Å². The quantitative estimate of drug-likeness (QED) is 0.556. The largest absolute Gasteiger partial charge is 0.497 e. The minimum Gasteiger partial charge on any atom is -0.497 e. The number of ether oxygens (including phenoxy) is 3. The molecule has 174 valence electrons. The topological polar surface area (TPSA) is 71.5 Å². The summed E-state index contributed by atoms with van der Waals surface area (Å²) in [6, 6.07) is 9.87. The second kappa shape index (κ2) is 10.7. The van der Waals surface area contributed by atoms with E-state index in [-0.39, 0.29) is 18.6 Å². The lowest BCUT2D eigenvalue weighted by atomic mass is 10.0. The number of aliphatic hydroxyl groups excluding tert-OH is 1. The summed E-state index contributed by atoms with van der Waals surface area (Å²) in [5.74, 6) is 1.62. The average Bonchev–Trinajstić information content (AvgIpc) is 3.54. The van der Waals surface area contributed by atoms with Crippen molar-refractivity contribution in [1.29, 1.82) is 0 Å². The molecule has 1 aromatic carbocycles. The number of hydrogen-bond donors (Lipinski definition) is 1. The molecule has 0 unspecified atom stereocenters. The molecule has 0 spiro atoms. The standard InChI is InChI=1S/C24H32N2O5S/c1-29-15-18(27)13-25(17-3-4-17)14-24(28)26-11-9-23-21(10-12-32-23)22(26)16-31-20-7-5-19(30-2)6-8-20/h5-8,10,12,17-18,22,27H,3-4,9,11,13-16H2,1-2H3/t18-,22+/m1/s1. The molecule has 1 aromatic heterocycles. The number of carbonyl (C=O) groups is 1. The molecule has 2 atom stereocenters. The van der Waals surface area contributed by atoms with Crippen molar-refractivity contribution in [3.63, 3.8) is 0 Å². The maximum Gasteiger partial charge on any atom is 0.237 e. The number of aliphatic hydroxyl groups is 1. The third kappa shape index (κ3) is 5.61. The van der Waals surface area contributed by atoms with Crippen LogP contribution in [0.3, 0.4) is 0 Å². The normalized spacial score (nSPS) is 19.0. The van der Waals surface area contributed by atoms with E-state index in [1.807, 2.05) is 29.2 Å². The Bertz CT molecular complexity index is 883. The van der Waals surface area contributed by atoms with Gasteiger partial charge in [-0.05, 0) is 60.5 Å². The summed E-state index contributed by atoms with van der Waals surface area (Å²) < 4.78 is 16.4. The van der Waals surface area contributed by atoms with E-state index in [0.717, 1.165) is 30.8 Å². The van der Waals surface area contributed by atoms with Crippen LogP contribution in [0.2, 0.25) is 0 Å². The van der Waals surface area contributed by atoms with Gasteiger partial charge in [0.2, 0.25) is 5.91 Å². The molecule has 1 aliphatic carbocycles. The molecule has 2 heterocycles. The number of carbonyl (C=O) groups excluding carboxylic acids is 1. The van der Waals surface area contributed by atoms with Crippen molar-refractivity contribution < 1.29 is 24.1 Å². The van der Waals surface area contributed by atoms with Crippen LogP contribution in [0.1, 0.15) is 29.3 Å². The fourth-order valence-electron chi connectivity index (χ4n) is 4.28. The van der Waals surface area contributed by atoms with Crippen molar-refractivity contribution in [3.05, 3.63) is 46.2 Å². The van der Waals surface area contributed by atoms with E-state index in [1.165, 1.54) is 10.4 Å². The van der Waals surface area contributed by atoms with Crippen LogP contribution in [0.15, 0.2) is 35.7 Å². The fraction of sp³-hybridized carbons (Fsp3) is 0.542. The zero-order chi connectivity index (χ0) is 22.5. The van der Waals surface area contributed by atoms with Crippen molar-refractivity contribution in [2.75, 3.05) is 47.1 Å². The van der Waals surface area contributed by atoms with Gasteiger partial charge < -0.3 is 24.2 Å². The Morgan fingerprint density at radius 3 is 2.66 bits per heavy atom. The SMILES string of the molecule is COC[C@H](O)CN(CC(=O)N1CCc2sccc2[C@@H]1COc1ccc(OC)cc1)C1CC1. The number of thiophene rings is 1. The van der Waals surface area contributed by atoms with E-state index in [2.05, 4.69) is 16.3 Å². The second-order valence-electron chi connectivity index (χ2n) is 8.41. The van der Waals surface area contributed by atoms with Crippen LogP contribution in [0.5, 0.6) is 11.5 Å². The summed E-state index contributed by atoms with van der Waals surface area (Å²) in [5, 5.41) is 12.3. The predicted molar refractivity (Wildman–Crippen MR) is 123 cm³/mol. The molecule has 1 amide bonds. The van der Waals surface area contributed by atoms with E-state index in [4.69, 9.17) is 14.2 Å². The first kappa shape index (κ1) is 23.0. The van der Waals surface area contributed by atoms with Crippen LogP contribution in [0, 0.1) is 0 Å². The first-order chi connectivity index (χ1) is 15.6. The third-order valence-electron chi connectivity index (χ3n) is 6.09. The summed E-state index contributed by atoms with van der Waals surface area (Å²) in [6.07, 6.45) is 2.43.